The van der Waals surface area contributed by atoms with Gasteiger partial charge in [0.05, 0.1) is 11.7 Å². The van der Waals surface area contributed by atoms with Gasteiger partial charge in [-0.15, -0.1) is 11.3 Å². The number of thiophene rings is 1. The fraction of sp³-hybridized carbons (Fsp3) is 0.476. The number of fused-ring (bicyclic) bond motifs is 1. The van der Waals surface area contributed by atoms with E-state index in [0.717, 1.165) is 30.5 Å². The van der Waals surface area contributed by atoms with Crippen molar-refractivity contribution < 1.29 is 18.9 Å². The molecule has 0 aromatic carbocycles. The number of hydrogen-bond acceptors (Lipinski definition) is 4. The first-order chi connectivity index (χ1) is 12.8. The Balaban J connectivity index is 1.86. The van der Waals surface area contributed by atoms with Crippen LogP contribution in [0.5, 0.6) is 0 Å². The van der Waals surface area contributed by atoms with Gasteiger partial charge in [0.25, 0.3) is 5.91 Å². The molecule has 0 unspecified atom stereocenters. The van der Waals surface area contributed by atoms with Crippen molar-refractivity contribution in [2.75, 3.05) is 5.32 Å². The largest absolute Gasteiger partial charge is 0.459 e. The maximum Gasteiger partial charge on any atom is 0.341 e. The van der Waals surface area contributed by atoms with E-state index in [9.17, 15) is 9.59 Å². The Morgan fingerprint density at radius 3 is 2.85 bits per heavy atom. The zero-order valence-corrected chi connectivity index (χ0v) is 17.2. The Labute approximate surface area is 164 Å². The van der Waals surface area contributed by atoms with E-state index in [1.54, 1.807) is 0 Å². The number of aromatic nitrogens is 1. The van der Waals surface area contributed by atoms with Crippen LogP contribution in [0.4, 0.5) is 5.00 Å². The molecule has 3 rings (SSSR count). The minimum Gasteiger partial charge on any atom is -0.459 e. The lowest BCUT2D eigenvalue weighted by atomic mass is 9.88. The summed E-state index contributed by atoms with van der Waals surface area (Å²) in [5.74, 6) is 0.117. The number of ether oxygens (including phenoxy) is 1. The van der Waals surface area contributed by atoms with Gasteiger partial charge in [0.1, 0.15) is 5.00 Å². The minimum atomic E-state index is -0.337. The predicted molar refractivity (Wildman–Crippen MR) is 106 cm³/mol. The quantitative estimate of drug-likeness (QED) is 0.629. The highest BCUT2D eigenvalue weighted by atomic mass is 32.1. The molecule has 144 valence electrons. The van der Waals surface area contributed by atoms with Crippen molar-refractivity contribution in [2.24, 2.45) is 5.92 Å². The number of carbonyl (C=O) groups excluding carboxylic acids is 2. The van der Waals surface area contributed by atoms with Gasteiger partial charge >= 0.3 is 5.97 Å². The van der Waals surface area contributed by atoms with Gasteiger partial charge in [-0.25, -0.2) is 4.79 Å². The Kier molecular flexibility index (Phi) is 5.95. The summed E-state index contributed by atoms with van der Waals surface area (Å²) in [4.78, 5) is 26.5. The average Bonchev–Trinajstić information content (AvgIpc) is 2.93. The zero-order chi connectivity index (χ0) is 19.6. The van der Waals surface area contributed by atoms with Gasteiger partial charge in [0.15, 0.2) is 11.9 Å². The van der Waals surface area contributed by atoms with Crippen LogP contribution in [0, 0.1) is 12.8 Å². The number of aryl methyl sites for hydroxylation is 1. The second kappa shape index (κ2) is 8.21. The van der Waals surface area contributed by atoms with Crippen molar-refractivity contribution in [3.63, 3.8) is 0 Å². The molecule has 0 saturated carbocycles. The Hall–Kier alpha value is -2.21. The van der Waals surface area contributed by atoms with E-state index < -0.39 is 0 Å². The number of rotatable bonds is 5. The third-order valence-corrected chi connectivity index (χ3v) is 5.96. The molecule has 0 spiro atoms. The third kappa shape index (κ3) is 4.56. The number of amides is 1. The van der Waals surface area contributed by atoms with Crippen molar-refractivity contribution in [1.29, 1.82) is 0 Å². The lowest BCUT2D eigenvalue weighted by Gasteiger charge is -2.18. The number of anilines is 1. The molecule has 0 saturated heterocycles. The summed E-state index contributed by atoms with van der Waals surface area (Å²) in [5, 5.41) is 3.59. The van der Waals surface area contributed by atoms with E-state index in [4.69, 9.17) is 4.74 Å². The van der Waals surface area contributed by atoms with Crippen molar-refractivity contribution in [3.8, 4) is 0 Å². The molecule has 1 aliphatic rings. The van der Waals surface area contributed by atoms with E-state index in [2.05, 4.69) is 12.2 Å². The molecule has 6 heteroatoms. The molecule has 5 nitrogen and oxygen atoms in total. The summed E-state index contributed by atoms with van der Waals surface area (Å²) in [6, 6.07) is 5.80. The van der Waals surface area contributed by atoms with Crippen LogP contribution in [0.15, 0.2) is 24.4 Å². The first kappa shape index (κ1) is 19.5. The third-order valence-electron chi connectivity index (χ3n) is 4.79. The average molecular weight is 388 g/mol. The fourth-order valence-corrected chi connectivity index (χ4v) is 4.80. The summed E-state index contributed by atoms with van der Waals surface area (Å²) in [6.07, 6.45) is 4.55. The van der Waals surface area contributed by atoms with Gasteiger partial charge in [-0.1, -0.05) is 13.0 Å². The van der Waals surface area contributed by atoms with Crippen LogP contribution in [0.1, 0.15) is 53.7 Å². The number of nitrogens with one attached hydrogen (secondary N) is 1. The molecule has 0 fully saturated rings. The number of esters is 1. The fourth-order valence-electron chi connectivity index (χ4n) is 3.39. The van der Waals surface area contributed by atoms with E-state index in [1.165, 1.54) is 16.2 Å². The molecular weight excluding hydrogens is 360 g/mol. The topological polar surface area (TPSA) is 59.3 Å². The highest BCUT2D eigenvalue weighted by Crippen LogP contribution is 2.40. The van der Waals surface area contributed by atoms with Crippen molar-refractivity contribution in [3.05, 3.63) is 46.1 Å². The molecule has 2 heterocycles. The summed E-state index contributed by atoms with van der Waals surface area (Å²) in [5.41, 5.74) is 2.62. The van der Waals surface area contributed by atoms with Crippen LogP contribution in [0.2, 0.25) is 0 Å². The molecule has 0 aliphatic heterocycles. The number of hydrogen-bond donors (Lipinski definition) is 1. The van der Waals surface area contributed by atoms with Crippen LogP contribution in [0.25, 0.3) is 0 Å². The van der Waals surface area contributed by atoms with Gasteiger partial charge in [0.2, 0.25) is 6.54 Å². The maximum absolute atomic E-state index is 12.7. The van der Waals surface area contributed by atoms with E-state index in [0.29, 0.717) is 16.5 Å². The van der Waals surface area contributed by atoms with Gasteiger partial charge in [0, 0.05) is 23.9 Å². The summed E-state index contributed by atoms with van der Waals surface area (Å²) in [6.45, 7) is 8.08. The molecule has 1 amide bonds. The molecule has 27 heavy (non-hydrogen) atoms. The van der Waals surface area contributed by atoms with Gasteiger partial charge in [-0.2, -0.15) is 4.57 Å². The smallest absolute Gasteiger partial charge is 0.341 e. The zero-order valence-electron chi connectivity index (χ0n) is 16.4. The minimum absolute atomic E-state index is 0.139. The first-order valence-corrected chi connectivity index (χ1v) is 10.3. The highest BCUT2D eigenvalue weighted by Gasteiger charge is 2.30. The predicted octanol–water partition coefficient (Wildman–Crippen LogP) is 3.67. The number of pyridine rings is 1. The normalized spacial score (nSPS) is 16.1. The molecular formula is C21H27N2O3S+. The summed E-state index contributed by atoms with van der Waals surface area (Å²) < 4.78 is 7.34. The number of nitrogens with zero attached hydrogens (tertiary/aromatic N) is 1. The van der Waals surface area contributed by atoms with Gasteiger partial charge in [-0.3, -0.25) is 4.79 Å². The van der Waals surface area contributed by atoms with E-state index in [1.807, 2.05) is 49.7 Å². The van der Waals surface area contributed by atoms with Crippen molar-refractivity contribution in [2.45, 2.75) is 59.6 Å². The monoisotopic (exact) mass is 387 g/mol. The maximum atomic E-state index is 12.7. The number of carbonyl (C=O) groups is 2. The van der Waals surface area contributed by atoms with Gasteiger partial charge in [-0.05, 0) is 44.6 Å². The molecule has 1 N–H and O–H groups in total. The van der Waals surface area contributed by atoms with E-state index >= 15 is 0 Å². The molecule has 0 radical (unpaired) electrons. The van der Waals surface area contributed by atoms with Crippen molar-refractivity contribution >= 4 is 28.2 Å². The van der Waals surface area contributed by atoms with Crippen molar-refractivity contribution in [1.82, 2.24) is 0 Å². The van der Waals surface area contributed by atoms with Crippen LogP contribution in [0.3, 0.4) is 0 Å². The van der Waals surface area contributed by atoms with Crippen LogP contribution in [-0.4, -0.2) is 18.0 Å². The molecule has 0 bridgehead atoms. The van der Waals surface area contributed by atoms with Crippen LogP contribution < -0.4 is 9.88 Å². The standard InChI is InChI=1S/C21H26N2O3S/c1-13(2)26-21(25)19-16-9-8-14(3)11-17(16)27-20(19)22-18(24)12-23-10-6-5-7-15(23)4/h5-7,10,13-14H,8-9,11-12H2,1-4H3/p+1/t14-/m0/s1. The molecule has 2 aromatic heterocycles. The summed E-state index contributed by atoms with van der Waals surface area (Å²) >= 11 is 1.52. The Morgan fingerprint density at radius 1 is 1.37 bits per heavy atom. The second-order valence-electron chi connectivity index (χ2n) is 7.53. The molecule has 1 aliphatic carbocycles. The van der Waals surface area contributed by atoms with Crippen LogP contribution >= 0.6 is 11.3 Å². The Morgan fingerprint density at radius 2 is 2.15 bits per heavy atom. The molecule has 2 aromatic rings. The van der Waals surface area contributed by atoms with E-state index in [-0.39, 0.29) is 24.5 Å². The lowest BCUT2D eigenvalue weighted by Crippen LogP contribution is -2.42. The first-order valence-electron chi connectivity index (χ1n) is 9.45. The highest BCUT2D eigenvalue weighted by molar-refractivity contribution is 7.17. The molecule has 1 atom stereocenters. The van der Waals surface area contributed by atoms with Gasteiger partial charge < -0.3 is 10.1 Å². The Bertz CT molecular complexity index is 857. The SMILES string of the molecule is Cc1cccc[n+]1CC(=O)Nc1sc2c(c1C(=O)OC(C)C)CC[C@H](C)C2. The summed E-state index contributed by atoms with van der Waals surface area (Å²) in [7, 11) is 0. The second-order valence-corrected chi connectivity index (χ2v) is 8.63. The van der Waals surface area contributed by atoms with Crippen LogP contribution in [-0.2, 0) is 28.9 Å². The lowest BCUT2D eigenvalue weighted by molar-refractivity contribution is -0.690.